The predicted octanol–water partition coefficient (Wildman–Crippen LogP) is 3.72. The molecule has 0 aromatic heterocycles. The highest BCUT2D eigenvalue weighted by molar-refractivity contribution is 7.89. The van der Waals surface area contributed by atoms with Crippen molar-refractivity contribution in [2.45, 2.75) is 69.2 Å². The minimum Gasteiger partial charge on any atom is -0.370 e. The van der Waals surface area contributed by atoms with Crippen LogP contribution in [0.3, 0.4) is 0 Å². The zero-order chi connectivity index (χ0) is 21.3. The summed E-state index contributed by atoms with van der Waals surface area (Å²) in [5.74, 6) is 0.484. The predicted molar refractivity (Wildman–Crippen MR) is 119 cm³/mol. The maximum absolute atomic E-state index is 13.6. The van der Waals surface area contributed by atoms with Crippen molar-refractivity contribution >= 4 is 21.6 Å². The Morgan fingerprint density at radius 1 is 1.00 bits per heavy atom. The van der Waals surface area contributed by atoms with E-state index in [1.165, 1.54) is 19.3 Å². The normalized spacial score (nSPS) is 22.0. The molecule has 1 amide bonds. The molecule has 2 saturated heterocycles. The summed E-state index contributed by atoms with van der Waals surface area (Å²) >= 11 is 0. The Morgan fingerprint density at radius 3 is 2.20 bits per heavy atom. The minimum absolute atomic E-state index is 0.0883. The molecule has 6 nitrogen and oxygen atoms in total. The summed E-state index contributed by atoms with van der Waals surface area (Å²) < 4.78 is 28.9. The summed E-state index contributed by atoms with van der Waals surface area (Å²) in [5, 5.41) is 0. The summed E-state index contributed by atoms with van der Waals surface area (Å²) in [6.45, 7) is 4.96. The first kappa shape index (κ1) is 21.6. The maximum Gasteiger partial charge on any atom is 0.253 e. The van der Waals surface area contributed by atoms with Crippen LogP contribution in [0.15, 0.2) is 23.1 Å². The molecule has 1 aromatic carbocycles. The number of hydrogen-bond acceptors (Lipinski definition) is 4. The van der Waals surface area contributed by atoms with Gasteiger partial charge in [-0.3, -0.25) is 4.79 Å². The molecular weight excluding hydrogens is 398 g/mol. The highest BCUT2D eigenvalue weighted by Crippen LogP contribution is 2.36. The van der Waals surface area contributed by atoms with Gasteiger partial charge in [0.05, 0.1) is 5.69 Å². The van der Waals surface area contributed by atoms with Crippen molar-refractivity contribution < 1.29 is 13.2 Å². The third-order valence-electron chi connectivity index (χ3n) is 7.07. The van der Waals surface area contributed by atoms with Crippen LogP contribution in [0.5, 0.6) is 0 Å². The van der Waals surface area contributed by atoms with E-state index in [2.05, 4.69) is 11.8 Å². The first-order chi connectivity index (χ1) is 14.4. The Bertz CT molecular complexity index is 870. The van der Waals surface area contributed by atoms with Crippen LogP contribution >= 0.6 is 0 Å². The molecule has 0 spiro atoms. The smallest absolute Gasteiger partial charge is 0.253 e. The van der Waals surface area contributed by atoms with Gasteiger partial charge in [-0.15, -0.1) is 0 Å². The lowest BCUT2D eigenvalue weighted by Crippen LogP contribution is -2.38. The van der Waals surface area contributed by atoms with Crippen LogP contribution in [0.1, 0.15) is 68.6 Å². The average Bonchev–Trinajstić information content (AvgIpc) is 3.64. The zero-order valence-electron chi connectivity index (χ0n) is 18.3. The fraction of sp³-hybridized carbons (Fsp3) is 0.696. The van der Waals surface area contributed by atoms with Crippen LogP contribution in [0.2, 0.25) is 0 Å². The first-order valence-electron chi connectivity index (χ1n) is 11.6. The van der Waals surface area contributed by atoms with Gasteiger partial charge in [-0.1, -0.05) is 6.42 Å². The van der Waals surface area contributed by atoms with E-state index in [4.69, 9.17) is 0 Å². The molecule has 1 saturated carbocycles. The van der Waals surface area contributed by atoms with Crippen molar-refractivity contribution in [3.63, 3.8) is 0 Å². The number of hydrogen-bond donors (Lipinski definition) is 0. The lowest BCUT2D eigenvalue weighted by molar-refractivity contribution is 0.0727. The molecule has 4 rings (SSSR count). The van der Waals surface area contributed by atoms with E-state index in [0.29, 0.717) is 29.5 Å². The third-order valence-corrected chi connectivity index (χ3v) is 9.00. The number of nitrogens with zero attached hydrogens (tertiary/aromatic N) is 3. The van der Waals surface area contributed by atoms with Crippen molar-refractivity contribution in [1.82, 2.24) is 9.21 Å². The third kappa shape index (κ3) is 4.37. The molecule has 1 aliphatic carbocycles. The van der Waals surface area contributed by atoms with Crippen LogP contribution in [0, 0.1) is 5.92 Å². The highest BCUT2D eigenvalue weighted by atomic mass is 32.2. The standard InChI is InChI=1S/C23H35N3O3S/c1-18(19-9-10-19)24(2)23(27)20-11-12-21(25-13-5-3-6-14-25)22(17-20)30(28,29)26-15-7-4-8-16-26/h11-12,17-19H,3-10,13-16H2,1-2H3. The number of benzene rings is 1. The molecule has 166 valence electrons. The van der Waals surface area contributed by atoms with Crippen LogP contribution < -0.4 is 4.90 Å². The quantitative estimate of drug-likeness (QED) is 0.686. The van der Waals surface area contributed by atoms with Gasteiger partial charge < -0.3 is 9.80 Å². The Morgan fingerprint density at radius 2 is 1.60 bits per heavy atom. The number of sulfonamides is 1. The number of carbonyl (C=O) groups excluding carboxylic acids is 1. The Hall–Kier alpha value is -1.60. The summed E-state index contributed by atoms with van der Waals surface area (Å²) in [6.07, 6.45) is 8.55. The SMILES string of the molecule is CC(C1CC1)N(C)C(=O)c1ccc(N2CCCCC2)c(S(=O)(=O)N2CCCCC2)c1. The Labute approximate surface area is 181 Å². The molecule has 30 heavy (non-hydrogen) atoms. The summed E-state index contributed by atoms with van der Waals surface area (Å²) in [5.41, 5.74) is 1.23. The van der Waals surface area contributed by atoms with E-state index in [-0.39, 0.29) is 11.9 Å². The maximum atomic E-state index is 13.6. The largest absolute Gasteiger partial charge is 0.370 e. The molecule has 0 N–H and O–H groups in total. The molecule has 3 fully saturated rings. The summed E-state index contributed by atoms with van der Waals surface area (Å²) in [7, 11) is -1.79. The second kappa shape index (κ2) is 8.87. The number of piperidine rings is 2. The molecule has 0 radical (unpaired) electrons. The van der Waals surface area contributed by atoms with Gasteiger partial charge in [0.2, 0.25) is 10.0 Å². The fourth-order valence-corrected chi connectivity index (χ4v) is 6.53. The molecule has 2 heterocycles. The van der Waals surface area contributed by atoms with E-state index >= 15 is 0 Å². The molecule has 7 heteroatoms. The van der Waals surface area contributed by atoms with Gasteiger partial charge in [0.1, 0.15) is 4.90 Å². The number of amides is 1. The van der Waals surface area contributed by atoms with Gasteiger partial charge in [0, 0.05) is 44.8 Å². The molecule has 1 aromatic rings. The van der Waals surface area contributed by atoms with Crippen LogP contribution in [0.4, 0.5) is 5.69 Å². The van der Waals surface area contributed by atoms with Crippen molar-refractivity contribution in [3.05, 3.63) is 23.8 Å². The van der Waals surface area contributed by atoms with E-state index in [9.17, 15) is 13.2 Å². The Kier molecular flexibility index (Phi) is 6.39. The molecule has 0 bridgehead atoms. The van der Waals surface area contributed by atoms with Crippen LogP contribution in [0.25, 0.3) is 0 Å². The van der Waals surface area contributed by atoms with Crippen LogP contribution in [-0.4, -0.2) is 62.8 Å². The summed E-state index contributed by atoms with van der Waals surface area (Å²) in [4.78, 5) is 17.4. The number of anilines is 1. The highest BCUT2D eigenvalue weighted by Gasteiger charge is 2.34. The van der Waals surface area contributed by atoms with Crippen molar-refractivity contribution in [2.24, 2.45) is 5.92 Å². The topological polar surface area (TPSA) is 60.9 Å². The molecular formula is C23H35N3O3S. The van der Waals surface area contributed by atoms with Gasteiger partial charge in [-0.05, 0) is 76.0 Å². The molecule has 1 unspecified atom stereocenters. The lowest BCUT2D eigenvalue weighted by Gasteiger charge is -2.33. The molecule has 3 aliphatic rings. The Balaban J connectivity index is 1.70. The molecule has 1 atom stereocenters. The lowest BCUT2D eigenvalue weighted by atomic mass is 10.1. The number of rotatable bonds is 6. The fourth-order valence-electron chi connectivity index (χ4n) is 4.78. The van der Waals surface area contributed by atoms with Gasteiger partial charge in [0.15, 0.2) is 0 Å². The minimum atomic E-state index is -3.63. The summed E-state index contributed by atoms with van der Waals surface area (Å²) in [6, 6.07) is 5.51. The average molecular weight is 434 g/mol. The van der Waals surface area contributed by atoms with E-state index in [1.807, 2.05) is 19.2 Å². The second-order valence-corrected chi connectivity index (χ2v) is 11.1. The van der Waals surface area contributed by atoms with E-state index in [0.717, 1.165) is 50.9 Å². The van der Waals surface area contributed by atoms with Crippen molar-refractivity contribution in [3.8, 4) is 0 Å². The van der Waals surface area contributed by atoms with Gasteiger partial charge in [0.25, 0.3) is 5.91 Å². The van der Waals surface area contributed by atoms with Gasteiger partial charge in [-0.25, -0.2) is 8.42 Å². The van der Waals surface area contributed by atoms with Gasteiger partial charge >= 0.3 is 0 Å². The molecule has 2 aliphatic heterocycles. The van der Waals surface area contributed by atoms with Crippen molar-refractivity contribution in [1.29, 1.82) is 0 Å². The van der Waals surface area contributed by atoms with E-state index in [1.54, 1.807) is 15.3 Å². The zero-order valence-corrected chi connectivity index (χ0v) is 19.2. The first-order valence-corrected chi connectivity index (χ1v) is 13.0. The van der Waals surface area contributed by atoms with Gasteiger partial charge in [-0.2, -0.15) is 4.31 Å². The van der Waals surface area contributed by atoms with E-state index < -0.39 is 10.0 Å². The van der Waals surface area contributed by atoms with Crippen LogP contribution in [-0.2, 0) is 10.0 Å². The van der Waals surface area contributed by atoms with Crippen molar-refractivity contribution in [2.75, 3.05) is 38.1 Å². The number of carbonyl (C=O) groups is 1. The second-order valence-electron chi connectivity index (χ2n) is 9.19. The monoisotopic (exact) mass is 433 g/mol.